The zero-order valence-corrected chi connectivity index (χ0v) is 16.2. The van der Waals surface area contributed by atoms with E-state index >= 15 is 0 Å². The molecule has 1 fully saturated rings. The number of piperazine rings is 1. The lowest BCUT2D eigenvalue weighted by Gasteiger charge is -2.34. The molecule has 27 heavy (non-hydrogen) atoms. The number of thioether (sulfide) groups is 1. The van der Waals surface area contributed by atoms with E-state index in [2.05, 4.69) is 5.16 Å². The lowest BCUT2D eigenvalue weighted by Crippen LogP contribution is -2.51. The van der Waals surface area contributed by atoms with E-state index < -0.39 is 5.82 Å². The molecule has 3 rings (SSSR count). The normalized spacial score (nSPS) is 14.5. The van der Waals surface area contributed by atoms with Crippen LogP contribution >= 0.6 is 11.8 Å². The summed E-state index contributed by atoms with van der Waals surface area (Å²) in [7, 11) is 0. The Kier molecular flexibility index (Phi) is 6.15. The molecule has 2 heterocycles. The Labute approximate surface area is 161 Å². The zero-order chi connectivity index (χ0) is 19.4. The van der Waals surface area contributed by atoms with Gasteiger partial charge in [0.2, 0.25) is 5.91 Å². The summed E-state index contributed by atoms with van der Waals surface area (Å²) in [4.78, 5) is 28.2. The first-order valence-corrected chi connectivity index (χ1v) is 9.94. The predicted molar refractivity (Wildman–Crippen MR) is 101 cm³/mol. The average Bonchev–Trinajstić information content (AvgIpc) is 3.00. The molecule has 0 radical (unpaired) electrons. The molecule has 1 aromatic carbocycles. The third-order valence-electron chi connectivity index (χ3n) is 4.68. The van der Waals surface area contributed by atoms with Gasteiger partial charge in [0.15, 0.2) is 0 Å². The molecule has 144 valence electrons. The Bertz CT molecular complexity index is 812. The van der Waals surface area contributed by atoms with Crippen LogP contribution in [0.15, 0.2) is 28.8 Å². The molecular formula is C19H22FN3O3S. The fourth-order valence-electron chi connectivity index (χ4n) is 3.00. The van der Waals surface area contributed by atoms with Crippen LogP contribution in [0.5, 0.6) is 0 Å². The van der Waals surface area contributed by atoms with Crippen LogP contribution in [0, 0.1) is 19.7 Å². The van der Waals surface area contributed by atoms with Crippen molar-refractivity contribution in [3.63, 3.8) is 0 Å². The number of aromatic nitrogens is 1. The van der Waals surface area contributed by atoms with Gasteiger partial charge in [-0.1, -0.05) is 17.3 Å². The minimum Gasteiger partial charge on any atom is -0.361 e. The maximum absolute atomic E-state index is 13.8. The Hall–Kier alpha value is -2.35. The SMILES string of the molecule is Cc1noc(C)c1CSCC(=O)N1CCN(C(=O)c2ccccc2F)CC1. The van der Waals surface area contributed by atoms with Gasteiger partial charge in [0.05, 0.1) is 17.0 Å². The van der Waals surface area contributed by atoms with Crippen molar-refractivity contribution in [1.82, 2.24) is 15.0 Å². The fraction of sp³-hybridized carbons (Fsp3) is 0.421. The molecule has 8 heteroatoms. The average molecular weight is 391 g/mol. The molecule has 0 atom stereocenters. The number of rotatable bonds is 5. The van der Waals surface area contributed by atoms with E-state index in [-0.39, 0.29) is 17.4 Å². The van der Waals surface area contributed by atoms with Crippen LogP contribution in [0.3, 0.4) is 0 Å². The van der Waals surface area contributed by atoms with E-state index in [1.54, 1.807) is 21.9 Å². The minimum atomic E-state index is -0.517. The fourth-order valence-corrected chi connectivity index (χ4v) is 4.08. The van der Waals surface area contributed by atoms with E-state index in [1.165, 1.54) is 23.9 Å². The van der Waals surface area contributed by atoms with E-state index in [0.29, 0.717) is 37.7 Å². The molecule has 2 aromatic rings. The molecule has 0 unspecified atom stereocenters. The summed E-state index contributed by atoms with van der Waals surface area (Å²) >= 11 is 1.53. The molecule has 2 amide bonds. The van der Waals surface area contributed by atoms with E-state index in [4.69, 9.17) is 4.52 Å². The van der Waals surface area contributed by atoms with Crippen molar-refractivity contribution < 1.29 is 18.5 Å². The smallest absolute Gasteiger partial charge is 0.256 e. The monoisotopic (exact) mass is 391 g/mol. The number of hydrogen-bond acceptors (Lipinski definition) is 5. The molecule has 0 saturated carbocycles. The third-order valence-corrected chi connectivity index (χ3v) is 5.62. The summed E-state index contributed by atoms with van der Waals surface area (Å²) in [6.45, 7) is 5.50. The first kappa shape index (κ1) is 19.4. The van der Waals surface area contributed by atoms with Crippen LogP contribution in [-0.4, -0.2) is 58.7 Å². The maximum atomic E-state index is 13.8. The second-order valence-electron chi connectivity index (χ2n) is 6.45. The number of amides is 2. The van der Waals surface area contributed by atoms with Gasteiger partial charge in [-0.3, -0.25) is 9.59 Å². The summed E-state index contributed by atoms with van der Waals surface area (Å²) in [5.74, 6) is 1.03. The summed E-state index contributed by atoms with van der Waals surface area (Å²) in [6, 6.07) is 5.97. The number of aryl methyl sites for hydroxylation is 2. The van der Waals surface area contributed by atoms with Gasteiger partial charge in [-0.15, -0.1) is 11.8 Å². The second-order valence-corrected chi connectivity index (χ2v) is 7.43. The highest BCUT2D eigenvalue weighted by molar-refractivity contribution is 7.99. The number of benzene rings is 1. The molecule has 1 aliphatic heterocycles. The van der Waals surface area contributed by atoms with Gasteiger partial charge in [0, 0.05) is 37.5 Å². The Balaban J connectivity index is 1.46. The Morgan fingerprint density at radius 3 is 2.44 bits per heavy atom. The summed E-state index contributed by atoms with van der Waals surface area (Å²) in [5.41, 5.74) is 1.97. The van der Waals surface area contributed by atoms with Crippen LogP contribution in [0.2, 0.25) is 0 Å². The number of hydrogen-bond donors (Lipinski definition) is 0. The summed E-state index contributed by atoms with van der Waals surface area (Å²) in [5, 5.41) is 3.91. The minimum absolute atomic E-state index is 0.0461. The largest absolute Gasteiger partial charge is 0.361 e. The van der Waals surface area contributed by atoms with Crippen molar-refractivity contribution in [1.29, 1.82) is 0 Å². The van der Waals surface area contributed by atoms with E-state index in [0.717, 1.165) is 17.0 Å². The maximum Gasteiger partial charge on any atom is 0.256 e. The lowest BCUT2D eigenvalue weighted by molar-refractivity contribution is -0.129. The number of carbonyl (C=O) groups is 2. The van der Waals surface area contributed by atoms with Gasteiger partial charge >= 0.3 is 0 Å². The zero-order valence-electron chi connectivity index (χ0n) is 15.4. The highest BCUT2D eigenvalue weighted by atomic mass is 32.2. The predicted octanol–water partition coefficient (Wildman–Crippen LogP) is 2.65. The Morgan fingerprint density at radius 1 is 1.15 bits per heavy atom. The van der Waals surface area contributed by atoms with Gasteiger partial charge in [-0.2, -0.15) is 0 Å². The van der Waals surface area contributed by atoms with Crippen LogP contribution in [0.4, 0.5) is 4.39 Å². The molecule has 0 spiro atoms. The third kappa shape index (κ3) is 4.50. The lowest BCUT2D eigenvalue weighted by atomic mass is 10.1. The molecular weight excluding hydrogens is 369 g/mol. The topological polar surface area (TPSA) is 66.7 Å². The van der Waals surface area contributed by atoms with Crippen LogP contribution in [0.1, 0.15) is 27.4 Å². The van der Waals surface area contributed by atoms with Crippen LogP contribution < -0.4 is 0 Å². The number of nitrogens with zero attached hydrogens (tertiary/aromatic N) is 3. The van der Waals surface area contributed by atoms with Crippen molar-refractivity contribution in [2.45, 2.75) is 19.6 Å². The molecule has 1 aromatic heterocycles. The van der Waals surface area contributed by atoms with Gasteiger partial charge in [-0.25, -0.2) is 4.39 Å². The molecule has 1 saturated heterocycles. The van der Waals surface area contributed by atoms with Crippen LogP contribution in [0.25, 0.3) is 0 Å². The quantitative estimate of drug-likeness (QED) is 0.784. The van der Waals surface area contributed by atoms with Gasteiger partial charge < -0.3 is 14.3 Å². The van der Waals surface area contributed by atoms with Crippen molar-refractivity contribution in [3.05, 3.63) is 52.7 Å². The molecule has 0 N–H and O–H groups in total. The first-order chi connectivity index (χ1) is 13.0. The Morgan fingerprint density at radius 2 is 1.81 bits per heavy atom. The van der Waals surface area contributed by atoms with Crippen molar-refractivity contribution in [3.8, 4) is 0 Å². The van der Waals surface area contributed by atoms with Crippen LogP contribution in [-0.2, 0) is 10.5 Å². The summed E-state index contributed by atoms with van der Waals surface area (Å²) in [6.07, 6.45) is 0. The van der Waals surface area contributed by atoms with Gasteiger partial charge in [0.25, 0.3) is 5.91 Å². The van der Waals surface area contributed by atoms with Gasteiger partial charge in [0.1, 0.15) is 11.6 Å². The van der Waals surface area contributed by atoms with E-state index in [9.17, 15) is 14.0 Å². The standard InChI is InChI=1S/C19H22FN3O3S/c1-13-16(14(2)26-21-13)11-27-12-18(24)22-7-9-23(10-8-22)19(25)15-5-3-4-6-17(15)20/h3-6H,7-12H2,1-2H3. The van der Waals surface area contributed by atoms with E-state index in [1.807, 2.05) is 13.8 Å². The molecule has 6 nitrogen and oxygen atoms in total. The number of carbonyl (C=O) groups excluding carboxylic acids is 2. The molecule has 1 aliphatic rings. The van der Waals surface area contributed by atoms with Gasteiger partial charge in [-0.05, 0) is 26.0 Å². The molecule has 0 bridgehead atoms. The highest BCUT2D eigenvalue weighted by Crippen LogP contribution is 2.20. The molecule has 0 aliphatic carbocycles. The van der Waals surface area contributed by atoms with Crippen molar-refractivity contribution >= 4 is 23.6 Å². The van der Waals surface area contributed by atoms with Crippen molar-refractivity contribution in [2.24, 2.45) is 0 Å². The summed E-state index contributed by atoms with van der Waals surface area (Å²) < 4.78 is 18.9. The highest BCUT2D eigenvalue weighted by Gasteiger charge is 2.26. The first-order valence-electron chi connectivity index (χ1n) is 8.78. The second kappa shape index (κ2) is 8.56. The number of halogens is 1. The van der Waals surface area contributed by atoms with Crippen molar-refractivity contribution in [2.75, 3.05) is 31.9 Å².